The molecule has 5 rings (SSSR count). The zero-order chi connectivity index (χ0) is 21.4. The molecule has 0 amide bonds. The van der Waals surface area contributed by atoms with Crippen molar-refractivity contribution in [3.05, 3.63) is 70.3 Å². The third kappa shape index (κ3) is 3.82. The van der Waals surface area contributed by atoms with E-state index in [1.54, 1.807) is 7.11 Å². The molecule has 2 aromatic heterocycles. The Balaban J connectivity index is 1.48. The number of aromatic hydroxyl groups is 1. The second kappa shape index (κ2) is 8.37. The SMILES string of the molecule is COc1cccc([C@H](c2sc3ncnn3c2O)N2CCN(c3cccc(Cl)c3)CC2)c1. The highest BCUT2D eigenvalue weighted by molar-refractivity contribution is 7.17. The van der Waals surface area contributed by atoms with Crippen LogP contribution in [0.4, 0.5) is 5.69 Å². The summed E-state index contributed by atoms with van der Waals surface area (Å²) < 4.78 is 6.96. The number of rotatable bonds is 5. The summed E-state index contributed by atoms with van der Waals surface area (Å²) in [6.45, 7) is 3.40. The lowest BCUT2D eigenvalue weighted by atomic mass is 10.0. The Kier molecular flexibility index (Phi) is 5.43. The van der Waals surface area contributed by atoms with Crippen LogP contribution < -0.4 is 9.64 Å². The van der Waals surface area contributed by atoms with Crippen LogP contribution >= 0.6 is 22.9 Å². The maximum Gasteiger partial charge on any atom is 0.230 e. The molecule has 9 heteroatoms. The first-order valence-electron chi connectivity index (χ1n) is 10.0. The average molecular weight is 456 g/mol. The molecule has 160 valence electrons. The molecule has 0 spiro atoms. The quantitative estimate of drug-likeness (QED) is 0.489. The Morgan fingerprint density at radius 2 is 1.90 bits per heavy atom. The van der Waals surface area contributed by atoms with Crippen molar-refractivity contribution in [3.63, 3.8) is 0 Å². The van der Waals surface area contributed by atoms with Crippen LogP contribution in [-0.4, -0.2) is 57.9 Å². The predicted molar refractivity (Wildman–Crippen MR) is 123 cm³/mol. The number of hydrogen-bond donors (Lipinski definition) is 1. The van der Waals surface area contributed by atoms with Gasteiger partial charge in [0.15, 0.2) is 0 Å². The van der Waals surface area contributed by atoms with Crippen molar-refractivity contribution in [2.75, 3.05) is 38.2 Å². The third-order valence-corrected chi connectivity index (χ3v) is 6.97. The number of aromatic nitrogens is 3. The minimum atomic E-state index is -0.120. The molecule has 4 aromatic rings. The van der Waals surface area contributed by atoms with Gasteiger partial charge in [-0.1, -0.05) is 41.1 Å². The molecule has 1 aliphatic heterocycles. The Labute approximate surface area is 189 Å². The number of anilines is 1. The van der Waals surface area contributed by atoms with Gasteiger partial charge in [0.1, 0.15) is 12.1 Å². The van der Waals surface area contributed by atoms with Gasteiger partial charge in [0.25, 0.3) is 0 Å². The maximum absolute atomic E-state index is 10.9. The largest absolute Gasteiger partial charge is 0.497 e. The van der Waals surface area contributed by atoms with Crippen LogP contribution in [0.3, 0.4) is 0 Å². The number of methoxy groups -OCH3 is 1. The fraction of sp³-hybridized carbons (Fsp3) is 0.273. The second-order valence-electron chi connectivity index (χ2n) is 7.43. The number of fused-ring (bicyclic) bond motifs is 1. The summed E-state index contributed by atoms with van der Waals surface area (Å²) in [4.78, 5) is 10.5. The van der Waals surface area contributed by atoms with Crippen molar-refractivity contribution < 1.29 is 9.84 Å². The van der Waals surface area contributed by atoms with Crippen LogP contribution in [0.15, 0.2) is 54.9 Å². The van der Waals surface area contributed by atoms with E-state index in [0.29, 0.717) is 4.96 Å². The summed E-state index contributed by atoms with van der Waals surface area (Å²) in [5.74, 6) is 0.932. The van der Waals surface area contributed by atoms with E-state index in [-0.39, 0.29) is 11.9 Å². The minimum Gasteiger partial charge on any atom is -0.497 e. The van der Waals surface area contributed by atoms with Crippen molar-refractivity contribution in [2.45, 2.75) is 6.04 Å². The Hall–Kier alpha value is -2.81. The zero-order valence-corrected chi connectivity index (χ0v) is 18.6. The number of hydrogen-bond acceptors (Lipinski definition) is 7. The minimum absolute atomic E-state index is 0.120. The fourth-order valence-electron chi connectivity index (χ4n) is 4.12. The first-order valence-corrected chi connectivity index (χ1v) is 11.2. The topological polar surface area (TPSA) is 66.1 Å². The van der Waals surface area contributed by atoms with Crippen LogP contribution in [0.2, 0.25) is 5.02 Å². The molecule has 0 saturated carbocycles. The molecule has 0 aliphatic carbocycles. The van der Waals surface area contributed by atoms with Gasteiger partial charge in [0.05, 0.1) is 18.0 Å². The summed E-state index contributed by atoms with van der Waals surface area (Å²) in [6, 6.07) is 15.9. The van der Waals surface area contributed by atoms with Crippen molar-refractivity contribution in [2.24, 2.45) is 0 Å². The molecule has 1 atom stereocenters. The van der Waals surface area contributed by atoms with Gasteiger partial charge < -0.3 is 14.7 Å². The lowest BCUT2D eigenvalue weighted by molar-refractivity contribution is 0.211. The summed E-state index contributed by atoms with van der Waals surface area (Å²) in [7, 11) is 1.67. The normalized spacial score (nSPS) is 16.0. The lowest BCUT2D eigenvalue weighted by Crippen LogP contribution is -2.47. The molecule has 0 radical (unpaired) electrons. The lowest BCUT2D eigenvalue weighted by Gasteiger charge is -2.40. The molecule has 1 fully saturated rings. The van der Waals surface area contributed by atoms with Crippen LogP contribution in [0.1, 0.15) is 16.5 Å². The number of nitrogens with zero attached hydrogens (tertiary/aromatic N) is 5. The van der Waals surface area contributed by atoms with E-state index in [9.17, 15) is 5.11 Å². The fourth-order valence-corrected chi connectivity index (χ4v) is 5.40. The number of thiazole rings is 1. The van der Waals surface area contributed by atoms with Crippen molar-refractivity contribution in [3.8, 4) is 11.6 Å². The number of ether oxygens (including phenoxy) is 1. The van der Waals surface area contributed by atoms with Gasteiger partial charge in [0.2, 0.25) is 10.8 Å². The highest BCUT2D eigenvalue weighted by atomic mass is 35.5. The zero-order valence-electron chi connectivity index (χ0n) is 17.0. The Bertz CT molecular complexity index is 1200. The molecular weight excluding hydrogens is 434 g/mol. The molecule has 31 heavy (non-hydrogen) atoms. The standard InChI is InChI=1S/C22H22ClN5O2S/c1-30-18-7-2-4-15(12-18)19(20-21(29)28-22(31-20)24-14-25-28)27-10-8-26(9-11-27)17-6-3-5-16(23)13-17/h2-7,12-14,19,29H,8-11H2,1H3/t19-/m1/s1. The van der Waals surface area contributed by atoms with Gasteiger partial charge >= 0.3 is 0 Å². The Morgan fingerprint density at radius 1 is 1.10 bits per heavy atom. The number of piperazine rings is 1. The maximum atomic E-state index is 10.9. The van der Waals surface area contributed by atoms with Crippen LogP contribution in [-0.2, 0) is 0 Å². The molecule has 1 aliphatic rings. The van der Waals surface area contributed by atoms with Gasteiger partial charge in [-0.05, 0) is 35.9 Å². The molecule has 0 bridgehead atoms. The molecule has 1 N–H and O–H groups in total. The van der Waals surface area contributed by atoms with E-state index >= 15 is 0 Å². The van der Waals surface area contributed by atoms with Gasteiger partial charge in [-0.25, -0.2) is 4.98 Å². The van der Waals surface area contributed by atoms with Gasteiger partial charge in [-0.3, -0.25) is 4.90 Å². The molecular formula is C22H22ClN5O2S. The van der Waals surface area contributed by atoms with Crippen LogP contribution in [0.25, 0.3) is 4.96 Å². The number of halogens is 1. The monoisotopic (exact) mass is 455 g/mol. The third-order valence-electron chi connectivity index (χ3n) is 5.65. The molecule has 0 unspecified atom stereocenters. The Morgan fingerprint density at radius 3 is 2.65 bits per heavy atom. The first-order chi connectivity index (χ1) is 15.1. The van der Waals surface area contributed by atoms with Gasteiger partial charge in [0, 0.05) is 36.9 Å². The highest BCUT2D eigenvalue weighted by Gasteiger charge is 2.31. The van der Waals surface area contributed by atoms with E-state index in [0.717, 1.165) is 53.1 Å². The summed E-state index contributed by atoms with van der Waals surface area (Å²) in [5.41, 5.74) is 2.20. The predicted octanol–water partition coefficient (Wildman–Crippen LogP) is 4.07. The molecule has 7 nitrogen and oxygen atoms in total. The van der Waals surface area contributed by atoms with Gasteiger partial charge in [-0.2, -0.15) is 9.61 Å². The smallest absolute Gasteiger partial charge is 0.230 e. The molecule has 1 saturated heterocycles. The molecule has 2 aromatic carbocycles. The van der Waals surface area contributed by atoms with E-state index in [2.05, 4.69) is 32.0 Å². The van der Waals surface area contributed by atoms with E-state index in [1.165, 1.54) is 22.2 Å². The summed E-state index contributed by atoms with van der Waals surface area (Å²) >= 11 is 7.65. The summed E-state index contributed by atoms with van der Waals surface area (Å²) in [6.07, 6.45) is 1.46. The van der Waals surface area contributed by atoms with Crippen molar-refractivity contribution in [1.82, 2.24) is 19.5 Å². The van der Waals surface area contributed by atoms with Crippen molar-refractivity contribution in [1.29, 1.82) is 0 Å². The highest BCUT2D eigenvalue weighted by Crippen LogP contribution is 2.41. The average Bonchev–Trinajstić information content (AvgIpc) is 3.38. The van der Waals surface area contributed by atoms with Crippen LogP contribution in [0, 0.1) is 0 Å². The van der Waals surface area contributed by atoms with E-state index in [4.69, 9.17) is 16.3 Å². The summed E-state index contributed by atoms with van der Waals surface area (Å²) in [5, 5.41) is 15.8. The van der Waals surface area contributed by atoms with Crippen LogP contribution in [0.5, 0.6) is 11.6 Å². The van der Waals surface area contributed by atoms with Gasteiger partial charge in [-0.15, -0.1) is 0 Å². The number of benzene rings is 2. The van der Waals surface area contributed by atoms with E-state index < -0.39 is 0 Å². The van der Waals surface area contributed by atoms with Crippen molar-refractivity contribution >= 4 is 33.6 Å². The molecule has 3 heterocycles. The van der Waals surface area contributed by atoms with E-state index in [1.807, 2.05) is 36.4 Å². The first kappa shape index (κ1) is 20.1. The second-order valence-corrected chi connectivity index (χ2v) is 8.87.